The van der Waals surface area contributed by atoms with Crippen molar-refractivity contribution in [3.63, 3.8) is 0 Å². The molecule has 1 heterocycles. The van der Waals surface area contributed by atoms with E-state index in [1.165, 1.54) is 11.3 Å². The van der Waals surface area contributed by atoms with Crippen LogP contribution >= 0.6 is 11.3 Å². The van der Waals surface area contributed by atoms with E-state index in [1.807, 2.05) is 6.92 Å². The van der Waals surface area contributed by atoms with Gasteiger partial charge in [-0.1, -0.05) is 32.1 Å². The van der Waals surface area contributed by atoms with Crippen molar-refractivity contribution in [1.82, 2.24) is 10.3 Å². The second-order valence-electron chi connectivity index (χ2n) is 4.70. The van der Waals surface area contributed by atoms with E-state index >= 15 is 0 Å². The van der Waals surface area contributed by atoms with Crippen LogP contribution in [0.25, 0.3) is 0 Å². The summed E-state index contributed by atoms with van der Waals surface area (Å²) in [6.45, 7) is 9.79. The molecule has 0 aliphatic carbocycles. The fourth-order valence-corrected chi connectivity index (χ4v) is 2.16. The second kappa shape index (κ2) is 6.58. The van der Waals surface area contributed by atoms with Gasteiger partial charge in [0.1, 0.15) is 10.7 Å². The minimum atomic E-state index is -0.137. The maximum Gasteiger partial charge on any atom is 0.265 e. The molecular formula is C12H22N4OS. The van der Waals surface area contributed by atoms with Crippen molar-refractivity contribution in [1.29, 1.82) is 0 Å². The molecular weight excluding hydrogens is 248 g/mol. The number of amides is 1. The van der Waals surface area contributed by atoms with Crippen LogP contribution in [0, 0.1) is 11.8 Å². The molecule has 0 fully saturated rings. The molecule has 102 valence electrons. The summed E-state index contributed by atoms with van der Waals surface area (Å²) in [6.07, 6.45) is 0. The molecule has 0 saturated heterocycles. The number of nitrogens with zero attached hydrogens (tertiary/aromatic N) is 1. The highest BCUT2D eigenvalue weighted by Crippen LogP contribution is 2.24. The molecule has 1 atom stereocenters. The molecule has 1 aromatic heterocycles. The third kappa shape index (κ3) is 3.87. The molecule has 1 aromatic rings. The van der Waals surface area contributed by atoms with Crippen molar-refractivity contribution in [2.75, 3.05) is 24.1 Å². The van der Waals surface area contributed by atoms with E-state index in [2.05, 4.69) is 36.4 Å². The van der Waals surface area contributed by atoms with E-state index in [4.69, 9.17) is 5.73 Å². The van der Waals surface area contributed by atoms with Crippen LogP contribution in [0.15, 0.2) is 0 Å². The third-order valence-corrected chi connectivity index (χ3v) is 3.94. The van der Waals surface area contributed by atoms with Crippen molar-refractivity contribution in [3.8, 4) is 0 Å². The predicted molar refractivity (Wildman–Crippen MR) is 77.0 cm³/mol. The topological polar surface area (TPSA) is 80.0 Å². The number of hydrogen-bond donors (Lipinski definition) is 3. The van der Waals surface area contributed by atoms with Crippen LogP contribution in [-0.4, -0.2) is 24.0 Å². The zero-order valence-electron chi connectivity index (χ0n) is 11.4. The number of nitrogens with two attached hydrogens (primary N) is 1. The zero-order valence-corrected chi connectivity index (χ0v) is 12.2. The minimum absolute atomic E-state index is 0.137. The normalized spacial score (nSPS) is 12.5. The van der Waals surface area contributed by atoms with Gasteiger partial charge in [0.05, 0.1) is 0 Å². The van der Waals surface area contributed by atoms with Crippen molar-refractivity contribution in [2.24, 2.45) is 11.8 Å². The summed E-state index contributed by atoms with van der Waals surface area (Å²) in [7, 11) is 0. The van der Waals surface area contributed by atoms with Gasteiger partial charge in [-0.3, -0.25) is 4.79 Å². The quantitative estimate of drug-likeness (QED) is 0.740. The van der Waals surface area contributed by atoms with Crippen LogP contribution < -0.4 is 16.4 Å². The Labute approximate surface area is 112 Å². The summed E-state index contributed by atoms with van der Waals surface area (Å²) in [5.41, 5.74) is 5.74. The molecule has 0 aromatic carbocycles. The lowest BCUT2D eigenvalue weighted by molar-refractivity contribution is 0.0949. The first kappa shape index (κ1) is 14.8. The molecule has 0 aliphatic rings. The maximum atomic E-state index is 12.0. The average molecular weight is 270 g/mol. The number of hydrogen-bond acceptors (Lipinski definition) is 5. The Morgan fingerprint density at radius 1 is 1.44 bits per heavy atom. The Hall–Kier alpha value is -1.30. The van der Waals surface area contributed by atoms with E-state index in [0.29, 0.717) is 34.2 Å². The zero-order chi connectivity index (χ0) is 13.7. The Balaban J connectivity index is 2.61. The number of aromatic nitrogens is 1. The number of anilines is 2. The largest absolute Gasteiger partial charge is 0.382 e. The molecule has 1 unspecified atom stereocenters. The molecule has 1 rings (SSSR count). The molecule has 6 heteroatoms. The van der Waals surface area contributed by atoms with Crippen molar-refractivity contribution >= 4 is 28.2 Å². The molecule has 4 N–H and O–H groups in total. The molecule has 0 aliphatic heterocycles. The fourth-order valence-electron chi connectivity index (χ4n) is 1.29. The van der Waals surface area contributed by atoms with Crippen LogP contribution in [0.5, 0.6) is 0 Å². The highest BCUT2D eigenvalue weighted by atomic mass is 32.1. The van der Waals surface area contributed by atoms with E-state index in [9.17, 15) is 4.79 Å². The van der Waals surface area contributed by atoms with Gasteiger partial charge in [-0.15, -0.1) is 0 Å². The number of carbonyl (C=O) groups is 1. The molecule has 5 nitrogen and oxygen atoms in total. The lowest BCUT2D eigenvalue weighted by Crippen LogP contribution is -2.30. The summed E-state index contributed by atoms with van der Waals surface area (Å²) in [4.78, 5) is 16.6. The summed E-state index contributed by atoms with van der Waals surface area (Å²) < 4.78 is 0. The van der Waals surface area contributed by atoms with Gasteiger partial charge in [-0.05, 0) is 18.8 Å². The predicted octanol–water partition coefficient (Wildman–Crippen LogP) is 2.18. The van der Waals surface area contributed by atoms with Gasteiger partial charge >= 0.3 is 0 Å². The summed E-state index contributed by atoms with van der Waals surface area (Å²) in [6, 6.07) is 0. The van der Waals surface area contributed by atoms with E-state index in [-0.39, 0.29) is 5.91 Å². The molecule has 0 spiro atoms. The van der Waals surface area contributed by atoms with Gasteiger partial charge in [0.15, 0.2) is 5.13 Å². The Kier molecular flexibility index (Phi) is 5.40. The molecule has 0 radical (unpaired) electrons. The Morgan fingerprint density at radius 3 is 2.67 bits per heavy atom. The third-order valence-electron chi connectivity index (χ3n) is 2.91. The minimum Gasteiger partial charge on any atom is -0.382 e. The number of thiazole rings is 1. The van der Waals surface area contributed by atoms with E-state index < -0.39 is 0 Å². The first-order chi connectivity index (χ1) is 8.45. The van der Waals surface area contributed by atoms with E-state index in [0.717, 1.165) is 6.54 Å². The van der Waals surface area contributed by atoms with Crippen molar-refractivity contribution in [2.45, 2.75) is 27.7 Å². The van der Waals surface area contributed by atoms with Crippen LogP contribution in [0.1, 0.15) is 37.4 Å². The molecule has 0 bridgehead atoms. The van der Waals surface area contributed by atoms with Gasteiger partial charge in [0, 0.05) is 13.1 Å². The standard InChI is InChI=1S/C12H22N4OS/c1-5-14-12-16-10(13)9(18-12)11(17)15-6-8(4)7(2)3/h7-8H,5-6,13H2,1-4H3,(H,14,16)(H,15,17). The second-order valence-corrected chi connectivity index (χ2v) is 5.69. The SMILES string of the molecule is CCNc1nc(N)c(C(=O)NCC(C)C(C)C)s1. The monoisotopic (exact) mass is 270 g/mol. The lowest BCUT2D eigenvalue weighted by Gasteiger charge is -2.15. The number of nitrogen functional groups attached to an aromatic ring is 1. The number of rotatable bonds is 6. The van der Waals surface area contributed by atoms with Gasteiger partial charge in [0.25, 0.3) is 5.91 Å². The molecule has 0 saturated carbocycles. The number of carbonyl (C=O) groups excluding carboxylic acids is 1. The van der Waals surface area contributed by atoms with E-state index in [1.54, 1.807) is 0 Å². The first-order valence-electron chi connectivity index (χ1n) is 6.24. The molecule has 18 heavy (non-hydrogen) atoms. The van der Waals surface area contributed by atoms with Gasteiger partial charge in [-0.2, -0.15) is 0 Å². The van der Waals surface area contributed by atoms with Crippen LogP contribution in [-0.2, 0) is 0 Å². The summed E-state index contributed by atoms with van der Waals surface area (Å²) in [5, 5.41) is 6.65. The van der Waals surface area contributed by atoms with Crippen molar-refractivity contribution in [3.05, 3.63) is 4.88 Å². The van der Waals surface area contributed by atoms with Gasteiger partial charge < -0.3 is 16.4 Å². The Bertz CT molecular complexity index is 403. The smallest absolute Gasteiger partial charge is 0.265 e. The molecule has 1 amide bonds. The van der Waals surface area contributed by atoms with Crippen molar-refractivity contribution < 1.29 is 4.79 Å². The van der Waals surface area contributed by atoms with Crippen LogP contribution in [0.2, 0.25) is 0 Å². The van der Waals surface area contributed by atoms with Crippen LogP contribution in [0.3, 0.4) is 0 Å². The fraction of sp³-hybridized carbons (Fsp3) is 0.667. The first-order valence-corrected chi connectivity index (χ1v) is 7.05. The number of nitrogens with one attached hydrogen (secondary N) is 2. The van der Waals surface area contributed by atoms with Crippen LogP contribution in [0.4, 0.5) is 10.9 Å². The highest BCUT2D eigenvalue weighted by molar-refractivity contribution is 7.18. The highest BCUT2D eigenvalue weighted by Gasteiger charge is 2.17. The average Bonchev–Trinajstić information content (AvgIpc) is 2.67. The summed E-state index contributed by atoms with van der Waals surface area (Å²) >= 11 is 1.29. The Morgan fingerprint density at radius 2 is 2.11 bits per heavy atom. The summed E-state index contributed by atoms with van der Waals surface area (Å²) in [5.74, 6) is 1.14. The lowest BCUT2D eigenvalue weighted by atomic mass is 9.98. The maximum absolute atomic E-state index is 12.0. The van der Waals surface area contributed by atoms with Gasteiger partial charge in [0.2, 0.25) is 0 Å². The van der Waals surface area contributed by atoms with Gasteiger partial charge in [-0.25, -0.2) is 4.98 Å².